The summed E-state index contributed by atoms with van der Waals surface area (Å²) in [6.07, 6.45) is 6.25. The fraction of sp³-hybridized carbons (Fsp3) is 0.923. The number of hydrogen-bond donors (Lipinski definition) is 1. The number of nitrogens with one attached hydrogen (secondary N) is 1. The lowest BCUT2D eigenvalue weighted by Crippen LogP contribution is -2.47. The molecule has 0 unspecified atom stereocenters. The van der Waals surface area contributed by atoms with Crippen molar-refractivity contribution in [2.45, 2.75) is 58.5 Å². The van der Waals surface area contributed by atoms with Crippen LogP contribution in [0.1, 0.15) is 52.9 Å². The molecule has 1 fully saturated rings. The lowest BCUT2D eigenvalue weighted by Gasteiger charge is -2.30. The van der Waals surface area contributed by atoms with E-state index < -0.39 is 5.60 Å². The summed E-state index contributed by atoms with van der Waals surface area (Å²) < 4.78 is 5.17. The van der Waals surface area contributed by atoms with Crippen LogP contribution in [-0.4, -0.2) is 25.2 Å². The van der Waals surface area contributed by atoms with E-state index in [4.69, 9.17) is 4.74 Å². The zero-order chi connectivity index (χ0) is 12.2. The Labute approximate surface area is 98.9 Å². The van der Waals surface area contributed by atoms with Crippen LogP contribution in [0.4, 0.5) is 0 Å². The monoisotopic (exact) mass is 227 g/mol. The highest BCUT2D eigenvalue weighted by Crippen LogP contribution is 2.40. The highest BCUT2D eigenvalue weighted by Gasteiger charge is 2.34. The largest absolute Gasteiger partial charge is 0.369 e. The van der Waals surface area contributed by atoms with Crippen molar-refractivity contribution < 1.29 is 9.53 Å². The summed E-state index contributed by atoms with van der Waals surface area (Å²) in [5.41, 5.74) is -0.368. The number of rotatable bonds is 5. The lowest BCUT2D eigenvalue weighted by atomic mass is 9.83. The molecule has 0 bridgehead atoms. The standard InChI is InChI=1S/C13H25NO2/c1-5-13(8-6-7-9-13)10-14-11(15)12(2,3)16-4/h5-10H2,1-4H3,(H,14,15). The number of carbonyl (C=O) groups is 1. The fourth-order valence-corrected chi connectivity index (χ4v) is 2.35. The third kappa shape index (κ3) is 2.97. The summed E-state index contributed by atoms with van der Waals surface area (Å²) in [6.45, 7) is 6.62. The van der Waals surface area contributed by atoms with E-state index in [1.807, 2.05) is 0 Å². The van der Waals surface area contributed by atoms with Gasteiger partial charge in [-0.25, -0.2) is 0 Å². The minimum atomic E-state index is -0.715. The smallest absolute Gasteiger partial charge is 0.251 e. The first-order valence-corrected chi connectivity index (χ1v) is 6.29. The molecular formula is C13H25NO2. The third-order valence-corrected chi connectivity index (χ3v) is 4.10. The van der Waals surface area contributed by atoms with Gasteiger partial charge in [-0.15, -0.1) is 0 Å². The van der Waals surface area contributed by atoms with Crippen LogP contribution < -0.4 is 5.32 Å². The van der Waals surface area contributed by atoms with Gasteiger partial charge in [0.2, 0.25) is 0 Å². The molecule has 0 spiro atoms. The summed E-state index contributed by atoms with van der Waals surface area (Å²) in [4.78, 5) is 11.9. The quantitative estimate of drug-likeness (QED) is 0.783. The minimum Gasteiger partial charge on any atom is -0.369 e. The van der Waals surface area contributed by atoms with Crippen molar-refractivity contribution in [3.8, 4) is 0 Å². The average molecular weight is 227 g/mol. The van der Waals surface area contributed by atoms with Gasteiger partial charge in [-0.2, -0.15) is 0 Å². The van der Waals surface area contributed by atoms with Crippen molar-refractivity contribution >= 4 is 5.91 Å². The summed E-state index contributed by atoms with van der Waals surface area (Å²) >= 11 is 0. The Kier molecular flexibility index (Phi) is 4.36. The second kappa shape index (κ2) is 5.17. The third-order valence-electron chi connectivity index (χ3n) is 4.10. The van der Waals surface area contributed by atoms with E-state index in [-0.39, 0.29) is 5.91 Å². The molecule has 1 saturated carbocycles. The zero-order valence-corrected chi connectivity index (χ0v) is 11.1. The molecule has 3 heteroatoms. The van der Waals surface area contributed by atoms with Gasteiger partial charge in [-0.3, -0.25) is 4.79 Å². The van der Waals surface area contributed by atoms with Crippen molar-refractivity contribution in [3.63, 3.8) is 0 Å². The summed E-state index contributed by atoms with van der Waals surface area (Å²) in [5, 5.41) is 3.04. The number of carbonyl (C=O) groups excluding carboxylic acids is 1. The van der Waals surface area contributed by atoms with E-state index in [1.165, 1.54) is 25.7 Å². The van der Waals surface area contributed by atoms with Crippen LogP contribution in [0.3, 0.4) is 0 Å². The molecular weight excluding hydrogens is 202 g/mol. The number of methoxy groups -OCH3 is 1. The Morgan fingerprint density at radius 1 is 1.38 bits per heavy atom. The van der Waals surface area contributed by atoms with Crippen molar-refractivity contribution in [2.75, 3.05) is 13.7 Å². The van der Waals surface area contributed by atoms with Crippen molar-refractivity contribution in [3.05, 3.63) is 0 Å². The topological polar surface area (TPSA) is 38.3 Å². The van der Waals surface area contributed by atoms with Crippen LogP contribution in [0.2, 0.25) is 0 Å². The van der Waals surface area contributed by atoms with Gasteiger partial charge in [0.25, 0.3) is 5.91 Å². The molecule has 0 aromatic heterocycles. The minimum absolute atomic E-state index is 0.00488. The van der Waals surface area contributed by atoms with Crippen molar-refractivity contribution in [2.24, 2.45) is 5.41 Å². The Morgan fingerprint density at radius 3 is 2.38 bits per heavy atom. The normalized spacial score (nSPS) is 19.8. The molecule has 1 amide bonds. The van der Waals surface area contributed by atoms with Crippen LogP contribution in [0.5, 0.6) is 0 Å². The first kappa shape index (κ1) is 13.5. The van der Waals surface area contributed by atoms with Crippen LogP contribution in [0, 0.1) is 5.41 Å². The lowest BCUT2D eigenvalue weighted by molar-refractivity contribution is -0.140. The molecule has 0 atom stereocenters. The van der Waals surface area contributed by atoms with Crippen molar-refractivity contribution in [1.29, 1.82) is 0 Å². The molecule has 1 aliphatic rings. The predicted molar refractivity (Wildman–Crippen MR) is 65.3 cm³/mol. The van der Waals surface area contributed by atoms with E-state index in [0.717, 1.165) is 13.0 Å². The van der Waals surface area contributed by atoms with Crippen LogP contribution >= 0.6 is 0 Å². The van der Waals surface area contributed by atoms with E-state index in [2.05, 4.69) is 12.2 Å². The van der Waals surface area contributed by atoms with Crippen molar-refractivity contribution in [1.82, 2.24) is 5.32 Å². The Morgan fingerprint density at radius 2 is 1.94 bits per heavy atom. The maximum absolute atomic E-state index is 11.9. The second-order valence-corrected chi connectivity index (χ2v) is 5.46. The SMILES string of the molecule is CCC1(CNC(=O)C(C)(C)OC)CCCC1. The van der Waals surface area contributed by atoms with Gasteiger partial charge in [0.05, 0.1) is 0 Å². The van der Waals surface area contributed by atoms with E-state index in [9.17, 15) is 4.79 Å². The molecule has 0 heterocycles. The number of hydrogen-bond acceptors (Lipinski definition) is 2. The van der Waals surface area contributed by atoms with Gasteiger partial charge < -0.3 is 10.1 Å². The Balaban J connectivity index is 2.47. The van der Waals surface area contributed by atoms with Gasteiger partial charge in [0.15, 0.2) is 0 Å². The van der Waals surface area contributed by atoms with E-state index >= 15 is 0 Å². The molecule has 94 valence electrons. The van der Waals surface area contributed by atoms with E-state index in [0.29, 0.717) is 5.41 Å². The molecule has 0 saturated heterocycles. The van der Waals surface area contributed by atoms with Gasteiger partial charge in [-0.1, -0.05) is 19.8 Å². The van der Waals surface area contributed by atoms with Gasteiger partial charge in [-0.05, 0) is 38.5 Å². The van der Waals surface area contributed by atoms with Crippen LogP contribution in [0.25, 0.3) is 0 Å². The average Bonchev–Trinajstić information content (AvgIpc) is 2.75. The first-order chi connectivity index (χ1) is 7.46. The molecule has 16 heavy (non-hydrogen) atoms. The molecule has 1 aliphatic carbocycles. The molecule has 3 nitrogen and oxygen atoms in total. The summed E-state index contributed by atoms with van der Waals surface area (Å²) in [6, 6.07) is 0. The van der Waals surface area contributed by atoms with Crippen LogP contribution in [-0.2, 0) is 9.53 Å². The number of amides is 1. The van der Waals surface area contributed by atoms with E-state index in [1.54, 1.807) is 21.0 Å². The highest BCUT2D eigenvalue weighted by atomic mass is 16.5. The fourth-order valence-electron chi connectivity index (χ4n) is 2.35. The molecule has 1 N–H and O–H groups in total. The molecule has 0 aromatic rings. The highest BCUT2D eigenvalue weighted by molar-refractivity contribution is 5.84. The Bertz CT molecular complexity index is 242. The Hall–Kier alpha value is -0.570. The zero-order valence-electron chi connectivity index (χ0n) is 11.1. The predicted octanol–water partition coefficient (Wildman–Crippen LogP) is 2.50. The summed E-state index contributed by atoms with van der Waals surface area (Å²) in [5.74, 6) is -0.00488. The number of ether oxygens (including phenoxy) is 1. The molecule has 0 aromatic carbocycles. The van der Waals surface area contributed by atoms with Gasteiger partial charge in [0, 0.05) is 13.7 Å². The molecule has 0 aliphatic heterocycles. The maximum Gasteiger partial charge on any atom is 0.251 e. The molecule has 1 rings (SSSR count). The maximum atomic E-state index is 11.9. The first-order valence-electron chi connectivity index (χ1n) is 6.29. The second-order valence-electron chi connectivity index (χ2n) is 5.46. The van der Waals surface area contributed by atoms with Crippen LogP contribution in [0.15, 0.2) is 0 Å². The molecule has 0 radical (unpaired) electrons. The van der Waals surface area contributed by atoms with Gasteiger partial charge >= 0.3 is 0 Å². The van der Waals surface area contributed by atoms with Gasteiger partial charge in [0.1, 0.15) is 5.60 Å². The summed E-state index contributed by atoms with van der Waals surface area (Å²) in [7, 11) is 1.57.